The minimum atomic E-state index is -3.57. The van der Waals surface area contributed by atoms with Gasteiger partial charge in [-0.2, -0.15) is 0 Å². The van der Waals surface area contributed by atoms with E-state index in [9.17, 15) is 13.5 Å². The molecule has 0 aromatic heterocycles. The van der Waals surface area contributed by atoms with E-state index in [0.29, 0.717) is 12.1 Å². The van der Waals surface area contributed by atoms with E-state index in [-0.39, 0.29) is 11.5 Å². The van der Waals surface area contributed by atoms with Gasteiger partial charge in [0.25, 0.3) is 10.0 Å². The second-order valence-corrected chi connectivity index (χ2v) is 6.25. The molecule has 0 unspecified atom stereocenters. The van der Waals surface area contributed by atoms with Crippen molar-refractivity contribution < 1.29 is 13.5 Å². The lowest BCUT2D eigenvalue weighted by atomic mass is 10.1. The molecule has 0 bridgehead atoms. The number of aryl methyl sites for hydroxylation is 1. The molecule has 105 valence electrons. The van der Waals surface area contributed by atoms with Crippen molar-refractivity contribution in [3.8, 4) is 0 Å². The van der Waals surface area contributed by atoms with E-state index < -0.39 is 10.0 Å². The molecule has 0 atom stereocenters. The second-order valence-electron chi connectivity index (χ2n) is 4.57. The van der Waals surface area contributed by atoms with Crippen molar-refractivity contribution in [2.45, 2.75) is 18.2 Å². The molecule has 0 heterocycles. The molecule has 20 heavy (non-hydrogen) atoms. The standard InChI is InChI=1S/C15H16NO3S/c1-12-2-8-15(9-3-12)20(18,19)16-14-6-4-13(5-7-14)10-11-17/h2-9,16H,10-11H2,1H3. The summed E-state index contributed by atoms with van der Waals surface area (Å²) >= 11 is 0. The topological polar surface area (TPSA) is 66.1 Å². The van der Waals surface area contributed by atoms with Crippen LogP contribution in [0.5, 0.6) is 0 Å². The van der Waals surface area contributed by atoms with E-state index in [2.05, 4.69) is 4.72 Å². The molecule has 1 N–H and O–H groups in total. The number of rotatable bonds is 5. The number of anilines is 1. The summed E-state index contributed by atoms with van der Waals surface area (Å²) < 4.78 is 26.8. The lowest BCUT2D eigenvalue weighted by Crippen LogP contribution is -2.12. The van der Waals surface area contributed by atoms with Gasteiger partial charge < -0.3 is 0 Å². The number of benzene rings is 2. The first-order chi connectivity index (χ1) is 9.51. The minimum absolute atomic E-state index is 0.172. The molecule has 2 rings (SSSR count). The Morgan fingerprint density at radius 3 is 2.10 bits per heavy atom. The molecule has 0 saturated heterocycles. The van der Waals surface area contributed by atoms with E-state index in [4.69, 9.17) is 0 Å². The van der Waals surface area contributed by atoms with Gasteiger partial charge in [-0.15, -0.1) is 0 Å². The molecule has 4 nitrogen and oxygen atoms in total. The van der Waals surface area contributed by atoms with E-state index in [1.54, 1.807) is 48.5 Å². The SMILES string of the molecule is Cc1ccc(S(=O)(=O)Nc2ccc(CC[O])cc2)cc1. The van der Waals surface area contributed by atoms with E-state index in [0.717, 1.165) is 11.1 Å². The first-order valence-electron chi connectivity index (χ1n) is 6.28. The summed E-state index contributed by atoms with van der Waals surface area (Å²) in [6.07, 6.45) is 0.449. The third-order valence-corrected chi connectivity index (χ3v) is 4.33. The molecule has 0 fully saturated rings. The van der Waals surface area contributed by atoms with Gasteiger partial charge in [-0.05, 0) is 43.2 Å². The molecule has 5 heteroatoms. The Bertz CT molecular complexity index is 661. The average Bonchev–Trinajstić information content (AvgIpc) is 2.41. The van der Waals surface area contributed by atoms with Crippen molar-refractivity contribution >= 4 is 15.7 Å². The third-order valence-electron chi connectivity index (χ3n) is 2.93. The van der Waals surface area contributed by atoms with Crippen molar-refractivity contribution in [1.82, 2.24) is 0 Å². The van der Waals surface area contributed by atoms with Crippen LogP contribution >= 0.6 is 0 Å². The first kappa shape index (κ1) is 14.6. The van der Waals surface area contributed by atoms with Crippen molar-refractivity contribution in [3.05, 3.63) is 59.7 Å². The van der Waals surface area contributed by atoms with Crippen molar-refractivity contribution in [1.29, 1.82) is 0 Å². The highest BCUT2D eigenvalue weighted by atomic mass is 32.2. The van der Waals surface area contributed by atoms with Crippen LogP contribution in [0.3, 0.4) is 0 Å². The van der Waals surface area contributed by atoms with Crippen LogP contribution in [0.4, 0.5) is 5.69 Å². The Balaban J connectivity index is 2.17. The quantitative estimate of drug-likeness (QED) is 0.920. The summed E-state index contributed by atoms with van der Waals surface area (Å²) in [6.45, 7) is 1.73. The zero-order valence-corrected chi connectivity index (χ0v) is 12.0. The highest BCUT2D eigenvalue weighted by molar-refractivity contribution is 7.92. The van der Waals surface area contributed by atoms with Gasteiger partial charge in [0.2, 0.25) is 0 Å². The van der Waals surface area contributed by atoms with Gasteiger partial charge >= 0.3 is 0 Å². The number of sulfonamides is 1. The minimum Gasteiger partial charge on any atom is -0.280 e. The molecular weight excluding hydrogens is 274 g/mol. The molecule has 2 aromatic carbocycles. The van der Waals surface area contributed by atoms with Gasteiger partial charge in [0.15, 0.2) is 0 Å². The largest absolute Gasteiger partial charge is 0.280 e. The Labute approximate surface area is 119 Å². The van der Waals surface area contributed by atoms with Crippen LogP contribution in [0, 0.1) is 6.92 Å². The molecule has 0 aliphatic heterocycles. The molecular formula is C15H16NO3S. The van der Waals surface area contributed by atoms with Gasteiger partial charge in [-0.3, -0.25) is 4.72 Å². The maximum absolute atomic E-state index is 12.2. The highest BCUT2D eigenvalue weighted by Crippen LogP contribution is 2.17. The molecule has 1 radical (unpaired) electrons. The van der Waals surface area contributed by atoms with Gasteiger partial charge in [0, 0.05) is 5.69 Å². The molecule has 0 amide bonds. The van der Waals surface area contributed by atoms with Crippen LogP contribution in [0.1, 0.15) is 11.1 Å². The Morgan fingerprint density at radius 1 is 0.950 bits per heavy atom. The number of hydrogen-bond acceptors (Lipinski definition) is 2. The normalized spacial score (nSPS) is 11.3. The number of hydrogen-bond donors (Lipinski definition) is 1. The molecule has 2 aromatic rings. The predicted molar refractivity (Wildman–Crippen MR) is 77.7 cm³/mol. The fourth-order valence-corrected chi connectivity index (χ4v) is 2.85. The van der Waals surface area contributed by atoms with Gasteiger partial charge in [-0.25, -0.2) is 13.5 Å². The third kappa shape index (κ3) is 3.59. The Hall–Kier alpha value is -1.85. The monoisotopic (exact) mass is 290 g/mol. The van der Waals surface area contributed by atoms with Crippen LogP contribution < -0.4 is 4.72 Å². The smallest absolute Gasteiger partial charge is 0.261 e. The summed E-state index contributed by atoms with van der Waals surface area (Å²) in [5, 5.41) is 10.5. The summed E-state index contributed by atoms with van der Waals surface area (Å²) in [5.41, 5.74) is 2.39. The molecule has 0 aliphatic rings. The van der Waals surface area contributed by atoms with E-state index in [1.807, 2.05) is 6.92 Å². The Morgan fingerprint density at radius 2 is 1.55 bits per heavy atom. The molecule has 0 aliphatic carbocycles. The lowest BCUT2D eigenvalue weighted by Gasteiger charge is -2.09. The second kappa shape index (κ2) is 6.07. The fraction of sp³-hybridized carbons (Fsp3) is 0.200. The predicted octanol–water partition coefficient (Wildman–Crippen LogP) is 2.77. The summed E-state index contributed by atoms with van der Waals surface area (Å²) in [6, 6.07) is 13.5. The van der Waals surface area contributed by atoms with E-state index in [1.165, 1.54) is 0 Å². The van der Waals surface area contributed by atoms with E-state index >= 15 is 0 Å². The highest BCUT2D eigenvalue weighted by Gasteiger charge is 2.13. The summed E-state index contributed by atoms with van der Waals surface area (Å²) in [5.74, 6) is 0. The van der Waals surface area contributed by atoms with Gasteiger partial charge in [0.05, 0.1) is 11.5 Å². The zero-order chi connectivity index (χ0) is 14.6. The van der Waals surface area contributed by atoms with Crippen molar-refractivity contribution in [2.75, 3.05) is 11.3 Å². The van der Waals surface area contributed by atoms with Crippen LogP contribution in [0.2, 0.25) is 0 Å². The lowest BCUT2D eigenvalue weighted by molar-refractivity contribution is 0.197. The molecule has 0 saturated carbocycles. The van der Waals surface area contributed by atoms with Crippen LogP contribution in [-0.4, -0.2) is 15.0 Å². The maximum Gasteiger partial charge on any atom is 0.261 e. The first-order valence-corrected chi connectivity index (χ1v) is 7.76. The van der Waals surface area contributed by atoms with Crippen molar-refractivity contribution in [3.63, 3.8) is 0 Å². The summed E-state index contributed by atoms with van der Waals surface area (Å²) in [4.78, 5) is 0.228. The maximum atomic E-state index is 12.2. The number of nitrogens with one attached hydrogen (secondary N) is 1. The van der Waals surface area contributed by atoms with Gasteiger partial charge in [0.1, 0.15) is 0 Å². The fourth-order valence-electron chi connectivity index (χ4n) is 1.79. The Kier molecular flexibility index (Phi) is 4.42. The van der Waals surface area contributed by atoms with Crippen LogP contribution in [0.25, 0.3) is 0 Å². The zero-order valence-electron chi connectivity index (χ0n) is 11.2. The average molecular weight is 290 g/mol. The van der Waals surface area contributed by atoms with Crippen molar-refractivity contribution in [2.24, 2.45) is 0 Å². The van der Waals surface area contributed by atoms with Crippen LogP contribution in [-0.2, 0) is 21.6 Å². The summed E-state index contributed by atoms with van der Waals surface area (Å²) in [7, 11) is -3.57. The van der Waals surface area contributed by atoms with Gasteiger partial charge in [-0.1, -0.05) is 29.8 Å². The molecule has 0 spiro atoms. The van der Waals surface area contributed by atoms with Crippen LogP contribution in [0.15, 0.2) is 53.4 Å².